The number of imide groups is 1. The van der Waals surface area contributed by atoms with Crippen LogP contribution in [0, 0.1) is 0 Å². The Hall–Kier alpha value is -1.89. The minimum absolute atomic E-state index is 0.0145. The molecule has 0 atom stereocenters. The highest BCUT2D eigenvalue weighted by Crippen LogP contribution is 2.19. The van der Waals surface area contributed by atoms with E-state index < -0.39 is 11.9 Å². The van der Waals surface area contributed by atoms with Gasteiger partial charge in [-0.1, -0.05) is 18.6 Å². The third-order valence-electron chi connectivity index (χ3n) is 4.00. The number of nitrogens with one attached hydrogen (secondary N) is 3. The van der Waals surface area contributed by atoms with Gasteiger partial charge in [-0.05, 0) is 52.5 Å². The van der Waals surface area contributed by atoms with Crippen molar-refractivity contribution in [2.45, 2.75) is 58.9 Å². The van der Waals surface area contributed by atoms with E-state index in [1.807, 2.05) is 20.8 Å². The fourth-order valence-corrected chi connectivity index (χ4v) is 2.73. The second-order valence-electron chi connectivity index (χ2n) is 6.69. The number of hydrogen-bond donors (Lipinski definition) is 3. The second kappa shape index (κ2) is 11.6. The van der Waals surface area contributed by atoms with Crippen LogP contribution in [0.3, 0.4) is 0 Å². The van der Waals surface area contributed by atoms with Crippen LogP contribution in [0.4, 0.5) is 4.79 Å². The zero-order valence-electron chi connectivity index (χ0n) is 15.7. The van der Waals surface area contributed by atoms with Crippen molar-refractivity contribution in [3.05, 3.63) is 11.6 Å². The molecular weight excluding hydrogens is 320 g/mol. The minimum atomic E-state index is -0.482. The minimum Gasteiger partial charge on any atom is -0.353 e. The summed E-state index contributed by atoms with van der Waals surface area (Å²) in [7, 11) is 0. The lowest BCUT2D eigenvalue weighted by Gasteiger charge is -2.20. The summed E-state index contributed by atoms with van der Waals surface area (Å²) in [5.74, 6) is -0.538. The molecule has 0 saturated carbocycles. The first-order valence-electron chi connectivity index (χ1n) is 9.18. The third-order valence-corrected chi connectivity index (χ3v) is 4.00. The summed E-state index contributed by atoms with van der Waals surface area (Å²) < 4.78 is 0. The molecule has 7 heteroatoms. The van der Waals surface area contributed by atoms with Crippen LogP contribution in [-0.2, 0) is 9.59 Å². The number of hydrogen-bond acceptors (Lipinski definition) is 4. The zero-order chi connectivity index (χ0) is 18.7. The summed E-state index contributed by atoms with van der Waals surface area (Å²) >= 11 is 0. The molecule has 3 N–H and O–H groups in total. The van der Waals surface area contributed by atoms with Crippen LogP contribution >= 0.6 is 0 Å². The lowest BCUT2D eigenvalue weighted by molar-refractivity contribution is -0.124. The van der Waals surface area contributed by atoms with E-state index in [0.717, 1.165) is 19.3 Å². The van der Waals surface area contributed by atoms with E-state index in [0.29, 0.717) is 13.1 Å². The van der Waals surface area contributed by atoms with E-state index in [2.05, 4.69) is 22.0 Å². The average Bonchev–Trinajstić information content (AvgIpc) is 2.54. The van der Waals surface area contributed by atoms with E-state index in [1.54, 1.807) is 4.90 Å². The van der Waals surface area contributed by atoms with Crippen molar-refractivity contribution in [1.29, 1.82) is 0 Å². The summed E-state index contributed by atoms with van der Waals surface area (Å²) in [5, 5.41) is 7.81. The Morgan fingerprint density at radius 1 is 1.16 bits per heavy atom. The smallest absolute Gasteiger partial charge is 0.321 e. The molecule has 0 heterocycles. The molecule has 0 aromatic carbocycles. The van der Waals surface area contributed by atoms with Gasteiger partial charge in [0.1, 0.15) is 0 Å². The van der Waals surface area contributed by atoms with Gasteiger partial charge in [-0.3, -0.25) is 19.8 Å². The van der Waals surface area contributed by atoms with Crippen LogP contribution in [0.25, 0.3) is 0 Å². The quantitative estimate of drug-likeness (QED) is 0.549. The lowest BCUT2D eigenvalue weighted by Crippen LogP contribution is -2.47. The topological polar surface area (TPSA) is 90.5 Å². The van der Waals surface area contributed by atoms with Gasteiger partial charge in [0, 0.05) is 12.6 Å². The molecule has 0 aromatic heterocycles. The number of nitrogens with zero attached hydrogens (tertiary/aromatic N) is 1. The standard InChI is InChI=1S/C18H32N4O3/c1-4-22(12-16(23)20-14(2)3)13-17(24)21-18(25)19-11-10-15-8-6-5-7-9-15/h8,14H,4-7,9-13H2,1-3H3,(H,20,23)(H2,19,21,24,25). The predicted octanol–water partition coefficient (Wildman–Crippen LogP) is 1.55. The Morgan fingerprint density at radius 2 is 1.88 bits per heavy atom. The molecule has 0 aromatic rings. The number of amides is 4. The SMILES string of the molecule is CCN(CC(=O)NC(=O)NCCC1=CCCCC1)CC(=O)NC(C)C. The van der Waals surface area contributed by atoms with E-state index in [9.17, 15) is 14.4 Å². The summed E-state index contributed by atoms with van der Waals surface area (Å²) in [6.07, 6.45) is 7.76. The van der Waals surface area contributed by atoms with Crippen LogP contribution < -0.4 is 16.0 Å². The van der Waals surface area contributed by atoms with Gasteiger partial charge >= 0.3 is 6.03 Å². The van der Waals surface area contributed by atoms with Crippen LogP contribution in [0.1, 0.15) is 52.9 Å². The van der Waals surface area contributed by atoms with E-state index in [-0.39, 0.29) is 25.0 Å². The van der Waals surface area contributed by atoms with Gasteiger partial charge < -0.3 is 10.6 Å². The highest BCUT2D eigenvalue weighted by atomic mass is 16.2. The average molecular weight is 352 g/mol. The number of urea groups is 1. The Labute approximate surface area is 150 Å². The first-order chi connectivity index (χ1) is 11.9. The molecule has 0 aliphatic heterocycles. The van der Waals surface area contributed by atoms with Crippen LogP contribution in [0.15, 0.2) is 11.6 Å². The third kappa shape index (κ3) is 9.86. The van der Waals surface area contributed by atoms with E-state index >= 15 is 0 Å². The van der Waals surface area contributed by atoms with Gasteiger partial charge in [-0.25, -0.2) is 4.79 Å². The molecule has 1 aliphatic rings. The van der Waals surface area contributed by atoms with Crippen LogP contribution in [0.5, 0.6) is 0 Å². The molecular formula is C18H32N4O3. The largest absolute Gasteiger partial charge is 0.353 e. The highest BCUT2D eigenvalue weighted by Gasteiger charge is 2.15. The first-order valence-corrected chi connectivity index (χ1v) is 9.18. The molecule has 0 bridgehead atoms. The van der Waals surface area contributed by atoms with Gasteiger partial charge in [0.25, 0.3) is 0 Å². The first kappa shape index (κ1) is 21.2. The number of rotatable bonds is 9. The Kier molecular flexibility index (Phi) is 9.84. The van der Waals surface area contributed by atoms with Crippen molar-refractivity contribution < 1.29 is 14.4 Å². The molecule has 4 amide bonds. The second-order valence-corrected chi connectivity index (χ2v) is 6.69. The molecule has 7 nitrogen and oxygen atoms in total. The molecule has 1 aliphatic carbocycles. The fourth-order valence-electron chi connectivity index (χ4n) is 2.73. The van der Waals surface area contributed by atoms with E-state index in [4.69, 9.17) is 0 Å². The predicted molar refractivity (Wildman–Crippen MR) is 98.1 cm³/mol. The summed E-state index contributed by atoms with van der Waals surface area (Å²) in [6.45, 7) is 6.86. The van der Waals surface area contributed by atoms with Crippen molar-refractivity contribution in [3.63, 3.8) is 0 Å². The normalized spacial score (nSPS) is 14.2. The maximum absolute atomic E-state index is 11.9. The maximum Gasteiger partial charge on any atom is 0.321 e. The highest BCUT2D eigenvalue weighted by molar-refractivity contribution is 5.95. The van der Waals surface area contributed by atoms with Gasteiger partial charge in [-0.2, -0.15) is 0 Å². The summed E-state index contributed by atoms with van der Waals surface area (Å²) in [5.41, 5.74) is 1.38. The molecule has 25 heavy (non-hydrogen) atoms. The molecule has 0 unspecified atom stereocenters. The molecule has 0 radical (unpaired) electrons. The van der Waals surface area contributed by atoms with Crippen molar-refractivity contribution in [2.24, 2.45) is 0 Å². The van der Waals surface area contributed by atoms with Gasteiger partial charge in [0.15, 0.2) is 0 Å². The molecule has 0 spiro atoms. The fraction of sp³-hybridized carbons (Fsp3) is 0.722. The maximum atomic E-state index is 11.9. The van der Waals surface area contributed by atoms with Gasteiger partial charge in [0.2, 0.25) is 11.8 Å². The summed E-state index contributed by atoms with van der Waals surface area (Å²) in [4.78, 5) is 37.1. The number of likely N-dealkylation sites (N-methyl/N-ethyl adjacent to an activating group) is 1. The van der Waals surface area contributed by atoms with Gasteiger partial charge in [0.05, 0.1) is 13.1 Å². The summed E-state index contributed by atoms with van der Waals surface area (Å²) in [6, 6.07) is -0.422. The van der Waals surface area contributed by atoms with Crippen molar-refractivity contribution in [1.82, 2.24) is 20.9 Å². The molecule has 1 rings (SSSR count). The number of allylic oxidation sites excluding steroid dienone is 1. The molecule has 0 fully saturated rings. The number of carbonyl (C=O) groups excluding carboxylic acids is 3. The van der Waals surface area contributed by atoms with Crippen molar-refractivity contribution in [2.75, 3.05) is 26.2 Å². The van der Waals surface area contributed by atoms with Crippen molar-refractivity contribution in [3.8, 4) is 0 Å². The Morgan fingerprint density at radius 3 is 2.48 bits per heavy atom. The Bertz CT molecular complexity index is 489. The van der Waals surface area contributed by atoms with E-state index in [1.165, 1.54) is 18.4 Å². The Balaban J connectivity index is 2.25. The van der Waals surface area contributed by atoms with Crippen LogP contribution in [-0.4, -0.2) is 55.0 Å². The van der Waals surface area contributed by atoms with Crippen molar-refractivity contribution >= 4 is 17.8 Å². The molecule has 0 saturated heterocycles. The van der Waals surface area contributed by atoms with Gasteiger partial charge in [-0.15, -0.1) is 0 Å². The van der Waals surface area contributed by atoms with Crippen LogP contribution in [0.2, 0.25) is 0 Å². The number of carbonyl (C=O) groups is 3. The monoisotopic (exact) mass is 352 g/mol. The lowest BCUT2D eigenvalue weighted by atomic mass is 9.97. The zero-order valence-corrected chi connectivity index (χ0v) is 15.7. The molecule has 142 valence electrons.